The minimum Gasteiger partial charge on any atom is -0.463 e. The molecule has 3 saturated heterocycles. The Morgan fingerprint density at radius 2 is 0.591 bits per heavy atom. The predicted molar refractivity (Wildman–Crippen MR) is 464 cm³/mol. The van der Waals surface area contributed by atoms with Crippen LogP contribution < -0.4 is 42.5 Å². The summed E-state index contributed by atoms with van der Waals surface area (Å²) in [4.78, 5) is 212. The van der Waals surface area contributed by atoms with Crippen LogP contribution in [0.3, 0.4) is 0 Å². The van der Waals surface area contributed by atoms with Crippen molar-refractivity contribution in [1.29, 1.82) is 0 Å². The Morgan fingerprint density at radius 3 is 0.891 bits per heavy atom. The molecule has 137 heavy (non-hydrogen) atoms. The lowest BCUT2D eigenvalue weighted by atomic mass is 9.96. The fourth-order valence-electron chi connectivity index (χ4n) is 13.4. The van der Waals surface area contributed by atoms with Crippen LogP contribution in [0.15, 0.2) is 30.3 Å². The first-order chi connectivity index (χ1) is 65.4. The lowest BCUT2D eigenvalue weighted by Gasteiger charge is -2.44. The Morgan fingerprint density at radius 1 is 0.292 bits per heavy atom. The van der Waals surface area contributed by atoms with Crippen LogP contribution in [0.2, 0.25) is 0 Å². The number of unbranched alkanes of at least 4 members (excludes halogenated alkanes) is 2. The quantitative estimate of drug-likeness (QED) is 0.0199. The predicted octanol–water partition coefficient (Wildman–Crippen LogP) is -1.99. The van der Waals surface area contributed by atoms with E-state index in [1.165, 1.54) is 20.8 Å². The SMILES string of the molecule is CC(=O)NC1C(OCCOCCOCCNC(=O)CCOCC(COCCC(=O)NCCOCCOCCOC2OC(COC(C)=O)C(OC(C)=O)C(OC(C)=O)C2NC(C)=O)(COCCC(=O)NCCOCCOCCOC2OC(COC(C)=O)C(OC(C)=O)C(OC(C)=O)C2NC(C)=O)NC(=O)CCCCCNC(=O)OCc2ccccc2)OC(COC(C)=O)C(OC(C)=O)C1OC(C)=O. The number of carbonyl (C=O) groups is 17. The number of ether oxygens (including phenoxy) is 25. The van der Waals surface area contributed by atoms with Crippen molar-refractivity contribution >= 4 is 101 Å². The van der Waals surface area contributed by atoms with Gasteiger partial charge in [0.2, 0.25) is 41.4 Å². The van der Waals surface area contributed by atoms with Gasteiger partial charge in [-0.05, 0) is 18.4 Å². The molecule has 0 spiro atoms. The van der Waals surface area contributed by atoms with Gasteiger partial charge in [-0.2, -0.15) is 0 Å². The molecular formula is C87H136N8O42. The van der Waals surface area contributed by atoms with Gasteiger partial charge >= 0.3 is 59.8 Å². The zero-order valence-electron chi connectivity index (χ0n) is 79.6. The number of carbonyl (C=O) groups excluding carboxylic acids is 17. The maximum atomic E-state index is 14.1. The summed E-state index contributed by atoms with van der Waals surface area (Å²) < 4.78 is 141. The number of alkyl carbamates (subject to hydrolysis) is 1. The third-order valence-corrected chi connectivity index (χ3v) is 19.1. The fourth-order valence-corrected chi connectivity index (χ4v) is 13.4. The monoisotopic (exact) mass is 1960 g/mol. The largest absolute Gasteiger partial charge is 0.463 e. The van der Waals surface area contributed by atoms with Crippen LogP contribution >= 0.6 is 0 Å². The second-order valence-corrected chi connectivity index (χ2v) is 31.0. The van der Waals surface area contributed by atoms with Gasteiger partial charge < -0.3 is 161 Å². The topological polar surface area (TPSA) is 617 Å². The molecule has 15 atom stereocenters. The molecule has 0 radical (unpaired) electrons. The highest BCUT2D eigenvalue weighted by atomic mass is 16.7. The Labute approximate surface area is 793 Å². The first-order valence-electron chi connectivity index (χ1n) is 44.8. The Balaban J connectivity index is 1.37. The van der Waals surface area contributed by atoms with Gasteiger partial charge in [0.1, 0.15) is 68.4 Å². The molecule has 3 aliphatic rings. The molecule has 0 aliphatic carbocycles. The molecule has 8 amide bonds. The Kier molecular flexibility index (Phi) is 59.3. The number of esters is 9. The fraction of sp³-hybridized carbons (Fsp3) is 0.736. The lowest BCUT2D eigenvalue weighted by molar-refractivity contribution is -0.279. The molecule has 1 aromatic rings. The number of nitrogens with one attached hydrogen (secondary N) is 8. The third-order valence-electron chi connectivity index (χ3n) is 19.1. The van der Waals surface area contributed by atoms with E-state index in [0.717, 1.165) is 67.9 Å². The van der Waals surface area contributed by atoms with Gasteiger partial charge in [-0.15, -0.1) is 0 Å². The van der Waals surface area contributed by atoms with Gasteiger partial charge in [0.05, 0.1) is 139 Å². The lowest BCUT2D eigenvalue weighted by Crippen LogP contribution is -2.66. The van der Waals surface area contributed by atoms with E-state index in [1.54, 1.807) is 0 Å². The molecule has 1 aromatic carbocycles. The van der Waals surface area contributed by atoms with Gasteiger partial charge in [-0.1, -0.05) is 36.8 Å². The Hall–Kier alpha value is -10.6. The number of amides is 8. The highest BCUT2D eigenvalue weighted by Crippen LogP contribution is 2.32. The van der Waals surface area contributed by atoms with Crippen LogP contribution in [-0.2, 0) is 202 Å². The van der Waals surface area contributed by atoms with Gasteiger partial charge in [0, 0.05) is 135 Å². The van der Waals surface area contributed by atoms with Crippen molar-refractivity contribution in [2.24, 2.45) is 0 Å². The number of hydrogen-bond donors (Lipinski definition) is 8. The summed E-state index contributed by atoms with van der Waals surface area (Å²) in [5, 5.41) is 21.7. The molecule has 15 unspecified atom stereocenters. The summed E-state index contributed by atoms with van der Waals surface area (Å²) in [6.07, 6.45) is -15.2. The Bertz CT molecular complexity index is 3560. The van der Waals surface area contributed by atoms with Crippen molar-refractivity contribution in [2.75, 3.05) is 185 Å². The molecule has 4 rings (SSSR count). The van der Waals surface area contributed by atoms with Gasteiger partial charge in [-0.3, -0.25) is 76.7 Å². The van der Waals surface area contributed by atoms with E-state index in [4.69, 9.17) is 118 Å². The maximum Gasteiger partial charge on any atom is 0.407 e. The van der Waals surface area contributed by atoms with Crippen LogP contribution in [0.4, 0.5) is 4.79 Å². The van der Waals surface area contributed by atoms with Crippen molar-refractivity contribution in [2.45, 2.75) is 232 Å². The van der Waals surface area contributed by atoms with Crippen molar-refractivity contribution in [3.8, 4) is 0 Å². The van der Waals surface area contributed by atoms with Crippen LogP contribution in [0, 0.1) is 0 Å². The molecule has 50 nitrogen and oxygen atoms in total. The summed E-state index contributed by atoms with van der Waals surface area (Å²) >= 11 is 0. The summed E-state index contributed by atoms with van der Waals surface area (Å²) in [5.41, 5.74) is -0.719. The average molecular weight is 1970 g/mol. The standard InChI is InChI=1S/C87H136N8O42/c1-54(96)92-74-80(132-63(10)105)77(129-60(7)102)67(48-125-57(4)99)135-83(74)122-44-41-116-38-35-113-32-26-88-70(108)22-29-119-51-87(95-73(111)21-17-14-18-25-91-86(112)128-47-66-19-15-13-16-20-66,52-120-30-23-71(109)89-27-33-114-36-39-117-42-45-123-84-75(93-55(2)97)81(133-64(11)106)78(130-61(8)103)68(136-84)49-126-58(5)100)53-121-31-24-72(110)90-28-34-115-37-40-118-43-46-124-85-76(94-56(3)98)82(134-65(12)107)79(131-62(9)104)69(137-85)50-127-59(6)101/h13,15-16,19-20,67-69,74-85H,14,17-18,21-53H2,1-12H3,(H,88,108)(H,89,109)(H,90,110)(H,91,112)(H,92,96)(H,93,97)(H,94,98)(H,95,111). The zero-order valence-corrected chi connectivity index (χ0v) is 79.6. The van der Waals surface area contributed by atoms with E-state index >= 15 is 0 Å². The summed E-state index contributed by atoms with van der Waals surface area (Å²) in [5.74, 6) is -10.2. The number of benzene rings is 1. The van der Waals surface area contributed by atoms with E-state index in [2.05, 4.69) is 42.5 Å². The molecule has 3 aliphatic heterocycles. The summed E-state index contributed by atoms with van der Waals surface area (Å²) in [7, 11) is 0. The number of hydrogen-bond acceptors (Lipinski definition) is 42. The second kappa shape index (κ2) is 68.4. The molecule has 3 fully saturated rings. The van der Waals surface area contributed by atoms with E-state index in [9.17, 15) is 81.5 Å². The van der Waals surface area contributed by atoms with Crippen molar-refractivity contribution in [1.82, 2.24) is 42.5 Å². The zero-order chi connectivity index (χ0) is 101. The van der Waals surface area contributed by atoms with Gasteiger partial charge in [0.25, 0.3) is 0 Å². The average Bonchev–Trinajstić information content (AvgIpc) is 0.793. The molecule has 0 bridgehead atoms. The van der Waals surface area contributed by atoms with Crippen molar-refractivity contribution < 1.29 is 200 Å². The normalized spacial score (nSPS) is 21.5. The van der Waals surface area contributed by atoms with Crippen LogP contribution in [0.5, 0.6) is 0 Å². The van der Waals surface area contributed by atoms with Crippen molar-refractivity contribution in [3.05, 3.63) is 35.9 Å². The minimum absolute atomic E-state index is 0.0232. The van der Waals surface area contributed by atoms with E-state index in [-0.39, 0.29) is 197 Å². The summed E-state index contributed by atoms with van der Waals surface area (Å²) in [6.45, 7) is 11.5. The first-order valence-corrected chi connectivity index (χ1v) is 44.8. The number of rotatable bonds is 69. The molecule has 0 saturated carbocycles. The van der Waals surface area contributed by atoms with Crippen LogP contribution in [-0.4, -0.2) is 383 Å². The molecule has 0 aromatic heterocycles. The molecule has 776 valence electrons. The van der Waals surface area contributed by atoms with Gasteiger partial charge in [-0.25, -0.2) is 4.79 Å². The highest BCUT2D eigenvalue weighted by molar-refractivity contribution is 5.79. The van der Waals surface area contributed by atoms with E-state index in [0.29, 0.717) is 19.3 Å². The molecular weight excluding hydrogens is 1830 g/mol. The molecule has 50 heteroatoms. The highest BCUT2D eigenvalue weighted by Gasteiger charge is 2.55. The van der Waals surface area contributed by atoms with E-state index < -0.39 is 218 Å². The minimum atomic E-state index is -1.52. The second-order valence-electron chi connectivity index (χ2n) is 31.0. The first kappa shape index (κ1) is 119. The van der Waals surface area contributed by atoms with E-state index in [1.807, 2.05) is 30.3 Å². The van der Waals surface area contributed by atoms with Crippen LogP contribution in [0.25, 0.3) is 0 Å². The van der Waals surface area contributed by atoms with Gasteiger partial charge in [0.15, 0.2) is 55.5 Å². The summed E-state index contributed by atoms with van der Waals surface area (Å²) in [6, 6.07) is 5.55. The molecule has 3 heterocycles. The van der Waals surface area contributed by atoms with Crippen LogP contribution in [0.1, 0.15) is 134 Å². The smallest absolute Gasteiger partial charge is 0.407 e. The molecule has 8 N–H and O–H groups in total. The van der Waals surface area contributed by atoms with Crippen molar-refractivity contribution in [3.63, 3.8) is 0 Å². The maximum absolute atomic E-state index is 14.1. The third kappa shape index (κ3) is 52.7.